The highest BCUT2D eigenvalue weighted by Crippen LogP contribution is 2.30. The van der Waals surface area contributed by atoms with E-state index in [4.69, 9.17) is 4.74 Å². The van der Waals surface area contributed by atoms with Gasteiger partial charge < -0.3 is 14.6 Å². The Bertz CT molecular complexity index is 777. The van der Waals surface area contributed by atoms with Gasteiger partial charge in [0.1, 0.15) is 17.2 Å². The summed E-state index contributed by atoms with van der Waals surface area (Å²) in [4.78, 5) is 16.7. The van der Waals surface area contributed by atoms with Gasteiger partial charge in [0.25, 0.3) is 0 Å². The van der Waals surface area contributed by atoms with Crippen molar-refractivity contribution in [1.29, 1.82) is 0 Å². The van der Waals surface area contributed by atoms with Gasteiger partial charge in [0.2, 0.25) is 0 Å². The molecule has 0 saturated heterocycles. The average Bonchev–Trinajstić information content (AvgIpc) is 2.67. The molecule has 24 heavy (non-hydrogen) atoms. The summed E-state index contributed by atoms with van der Waals surface area (Å²) in [5, 5.41) is 2.83. The fraction of sp³-hybridized carbons (Fsp3) is 0.556. The molecular weight excluding hydrogens is 309 g/mol. The molecule has 1 aromatic heterocycles. The number of aryl methyl sites for hydroxylation is 2. The second kappa shape index (κ2) is 6.07. The highest BCUT2D eigenvalue weighted by molar-refractivity contribution is 5.80. The van der Waals surface area contributed by atoms with Crippen molar-refractivity contribution in [2.75, 3.05) is 0 Å². The van der Waals surface area contributed by atoms with Crippen LogP contribution in [0.1, 0.15) is 58.0 Å². The van der Waals surface area contributed by atoms with Crippen molar-refractivity contribution in [3.05, 3.63) is 29.3 Å². The molecule has 2 aromatic rings. The molecule has 0 unspecified atom stereocenters. The number of amides is 1. The standard InChI is InChI=1S/C18H24FN3O2/c1-11(20-17(23)24-18(2,3)4)16-21-14-9-8-13(19)12-7-5-6-10-22(16)15(12)14/h8-9,11H,5-7,10H2,1-4H3,(H,20,23)/t11-/m0/s1. The number of hydrogen-bond acceptors (Lipinski definition) is 3. The second-order valence-electron chi connectivity index (χ2n) is 7.34. The van der Waals surface area contributed by atoms with E-state index in [0.29, 0.717) is 0 Å². The van der Waals surface area contributed by atoms with Crippen molar-refractivity contribution in [3.63, 3.8) is 0 Å². The van der Waals surface area contributed by atoms with Crippen molar-refractivity contribution in [3.8, 4) is 0 Å². The summed E-state index contributed by atoms with van der Waals surface area (Å²) in [7, 11) is 0. The summed E-state index contributed by atoms with van der Waals surface area (Å²) in [5.41, 5.74) is 1.82. The predicted octanol–water partition coefficient (Wildman–Crippen LogP) is 4.10. The molecule has 1 atom stereocenters. The number of ether oxygens (including phenoxy) is 1. The number of nitrogens with zero attached hydrogens (tertiary/aromatic N) is 2. The Morgan fingerprint density at radius 1 is 1.38 bits per heavy atom. The van der Waals surface area contributed by atoms with E-state index in [9.17, 15) is 9.18 Å². The summed E-state index contributed by atoms with van der Waals surface area (Å²) in [6, 6.07) is 2.87. The Labute approximate surface area is 141 Å². The van der Waals surface area contributed by atoms with Crippen LogP contribution in [0.2, 0.25) is 0 Å². The number of alkyl carbamates (subject to hydrolysis) is 1. The van der Waals surface area contributed by atoms with Crippen molar-refractivity contribution < 1.29 is 13.9 Å². The molecule has 0 saturated carbocycles. The Balaban J connectivity index is 1.95. The highest BCUT2D eigenvalue weighted by Gasteiger charge is 2.24. The number of imidazole rings is 1. The van der Waals surface area contributed by atoms with Crippen LogP contribution in [-0.4, -0.2) is 21.2 Å². The molecule has 1 aliphatic rings. The molecule has 130 valence electrons. The first-order valence-electron chi connectivity index (χ1n) is 8.43. The van der Waals surface area contributed by atoms with Crippen LogP contribution in [0.3, 0.4) is 0 Å². The largest absolute Gasteiger partial charge is 0.444 e. The number of carbonyl (C=O) groups excluding carboxylic acids is 1. The van der Waals surface area contributed by atoms with Crippen LogP contribution in [-0.2, 0) is 17.7 Å². The Morgan fingerprint density at radius 3 is 2.83 bits per heavy atom. The number of benzene rings is 1. The monoisotopic (exact) mass is 333 g/mol. The summed E-state index contributed by atoms with van der Waals surface area (Å²) in [5.74, 6) is 0.564. The molecule has 2 heterocycles. The van der Waals surface area contributed by atoms with E-state index in [1.54, 1.807) is 6.07 Å². The lowest BCUT2D eigenvalue weighted by Gasteiger charge is -2.22. The highest BCUT2D eigenvalue weighted by atomic mass is 19.1. The molecule has 1 aromatic carbocycles. The number of rotatable bonds is 2. The lowest BCUT2D eigenvalue weighted by molar-refractivity contribution is 0.0505. The normalized spacial score (nSPS) is 15.9. The zero-order chi connectivity index (χ0) is 17.5. The third-order valence-electron chi connectivity index (χ3n) is 4.16. The molecule has 0 radical (unpaired) electrons. The van der Waals surface area contributed by atoms with E-state index in [0.717, 1.165) is 48.2 Å². The Morgan fingerprint density at radius 2 is 2.12 bits per heavy atom. The predicted molar refractivity (Wildman–Crippen MR) is 90.4 cm³/mol. The molecule has 0 aliphatic carbocycles. The van der Waals surface area contributed by atoms with Gasteiger partial charge in [-0.3, -0.25) is 0 Å². The van der Waals surface area contributed by atoms with Gasteiger partial charge in [-0.2, -0.15) is 0 Å². The summed E-state index contributed by atoms with van der Waals surface area (Å²) >= 11 is 0. The third kappa shape index (κ3) is 3.23. The molecule has 0 fully saturated rings. The molecule has 0 bridgehead atoms. The minimum atomic E-state index is -0.552. The molecule has 0 spiro atoms. The van der Waals surface area contributed by atoms with Crippen LogP contribution in [0, 0.1) is 5.82 Å². The van der Waals surface area contributed by atoms with E-state index in [2.05, 4.69) is 10.3 Å². The fourth-order valence-corrected chi connectivity index (χ4v) is 3.20. The number of halogens is 1. The van der Waals surface area contributed by atoms with Crippen LogP contribution in [0.5, 0.6) is 0 Å². The zero-order valence-corrected chi connectivity index (χ0v) is 14.6. The zero-order valence-electron chi connectivity index (χ0n) is 14.6. The van der Waals surface area contributed by atoms with Gasteiger partial charge in [-0.1, -0.05) is 0 Å². The van der Waals surface area contributed by atoms with E-state index in [-0.39, 0.29) is 11.9 Å². The maximum absolute atomic E-state index is 14.2. The second-order valence-corrected chi connectivity index (χ2v) is 7.34. The third-order valence-corrected chi connectivity index (χ3v) is 4.16. The van der Waals surface area contributed by atoms with Gasteiger partial charge in [-0.15, -0.1) is 0 Å². The van der Waals surface area contributed by atoms with E-state index in [1.165, 1.54) is 6.07 Å². The molecular formula is C18H24FN3O2. The average molecular weight is 333 g/mol. The van der Waals surface area contributed by atoms with Crippen LogP contribution < -0.4 is 5.32 Å². The van der Waals surface area contributed by atoms with E-state index >= 15 is 0 Å². The molecule has 5 nitrogen and oxygen atoms in total. The Hall–Kier alpha value is -2.11. The quantitative estimate of drug-likeness (QED) is 0.900. The number of nitrogens with one attached hydrogen (secondary N) is 1. The molecule has 1 amide bonds. The van der Waals surface area contributed by atoms with Crippen molar-refractivity contribution in [2.24, 2.45) is 0 Å². The van der Waals surface area contributed by atoms with Crippen molar-refractivity contribution in [2.45, 2.75) is 65.1 Å². The lowest BCUT2D eigenvalue weighted by Crippen LogP contribution is -2.35. The van der Waals surface area contributed by atoms with E-state index < -0.39 is 11.7 Å². The summed E-state index contributed by atoms with van der Waals surface area (Å²) < 4.78 is 21.5. The first kappa shape index (κ1) is 16.7. The van der Waals surface area contributed by atoms with Gasteiger partial charge in [0, 0.05) is 12.1 Å². The van der Waals surface area contributed by atoms with Crippen LogP contribution in [0.4, 0.5) is 9.18 Å². The SMILES string of the molecule is C[C@H](NC(=O)OC(C)(C)C)c1nc2ccc(F)c3c2n1CCCC3. The molecule has 1 aliphatic heterocycles. The number of carbonyl (C=O) groups is 1. The lowest BCUT2D eigenvalue weighted by atomic mass is 10.1. The van der Waals surface area contributed by atoms with Gasteiger partial charge >= 0.3 is 6.09 Å². The number of aromatic nitrogens is 2. The van der Waals surface area contributed by atoms with Gasteiger partial charge in [-0.05, 0) is 59.1 Å². The van der Waals surface area contributed by atoms with Crippen LogP contribution >= 0.6 is 0 Å². The van der Waals surface area contributed by atoms with Gasteiger partial charge in [0.15, 0.2) is 0 Å². The molecule has 3 rings (SSSR count). The van der Waals surface area contributed by atoms with E-state index in [1.807, 2.05) is 32.3 Å². The maximum atomic E-state index is 14.2. The summed E-state index contributed by atoms with van der Waals surface area (Å²) in [6.07, 6.45) is 2.16. The summed E-state index contributed by atoms with van der Waals surface area (Å²) in [6.45, 7) is 8.12. The first-order chi connectivity index (χ1) is 11.3. The first-order valence-corrected chi connectivity index (χ1v) is 8.43. The fourth-order valence-electron chi connectivity index (χ4n) is 3.20. The topological polar surface area (TPSA) is 56.1 Å². The van der Waals surface area contributed by atoms with Gasteiger partial charge in [-0.25, -0.2) is 14.2 Å². The van der Waals surface area contributed by atoms with Crippen LogP contribution in [0.25, 0.3) is 11.0 Å². The number of hydrogen-bond donors (Lipinski definition) is 1. The van der Waals surface area contributed by atoms with Gasteiger partial charge in [0.05, 0.1) is 17.1 Å². The minimum absolute atomic E-state index is 0.176. The smallest absolute Gasteiger partial charge is 0.408 e. The Kier molecular flexibility index (Phi) is 4.24. The molecule has 6 heteroatoms. The minimum Gasteiger partial charge on any atom is -0.444 e. The molecule has 1 N–H and O–H groups in total. The van der Waals surface area contributed by atoms with Crippen molar-refractivity contribution in [1.82, 2.24) is 14.9 Å². The maximum Gasteiger partial charge on any atom is 0.408 e. The van der Waals surface area contributed by atoms with Crippen molar-refractivity contribution >= 4 is 17.1 Å². The van der Waals surface area contributed by atoms with Crippen LogP contribution in [0.15, 0.2) is 12.1 Å².